The number of hydrogen-bond donors (Lipinski definition) is 1. The van der Waals surface area contributed by atoms with Crippen molar-refractivity contribution in [1.29, 1.82) is 0 Å². The molecule has 1 aliphatic rings. The third-order valence-electron chi connectivity index (χ3n) is 7.24. The van der Waals surface area contributed by atoms with E-state index in [4.69, 9.17) is 5.73 Å². The van der Waals surface area contributed by atoms with Crippen LogP contribution in [0.2, 0.25) is 0 Å². The monoisotopic (exact) mass is 485 g/mol. The van der Waals surface area contributed by atoms with Gasteiger partial charge in [-0.1, -0.05) is 73.5 Å². The van der Waals surface area contributed by atoms with Gasteiger partial charge in [-0.15, -0.1) is 0 Å². The van der Waals surface area contributed by atoms with Crippen molar-refractivity contribution >= 4 is 85.4 Å². The summed E-state index contributed by atoms with van der Waals surface area (Å²) >= 11 is 1.70. The second-order valence-corrected chi connectivity index (χ2v) is 10.9. The number of nitrogen functional groups attached to an aromatic ring is 1. The highest BCUT2D eigenvalue weighted by molar-refractivity contribution is 7.99. The van der Waals surface area contributed by atoms with E-state index in [-0.39, 0.29) is 8.46 Å². The Morgan fingerprint density at radius 2 is 1.46 bits per heavy atom. The quantitative estimate of drug-likeness (QED) is 0.118. The molecule has 0 spiro atoms. The number of para-hydroxylation sites is 1. The SMILES string of the molecule is C=C1CC(=C)c2c(P=O)cc3c4cccc5c(Sc6ccccc6N)ccc(c6ccc1c2c63)c54. The molecule has 0 saturated heterocycles. The first-order valence-corrected chi connectivity index (χ1v) is 13.1. The van der Waals surface area contributed by atoms with Crippen LogP contribution in [0.4, 0.5) is 5.69 Å². The Balaban J connectivity index is 1.65. The van der Waals surface area contributed by atoms with Crippen molar-refractivity contribution < 1.29 is 4.57 Å². The fourth-order valence-electron chi connectivity index (χ4n) is 5.76. The number of anilines is 1. The molecule has 0 unspecified atom stereocenters. The summed E-state index contributed by atoms with van der Waals surface area (Å²) in [6, 6.07) is 25.4. The maximum Gasteiger partial charge on any atom is 0.192 e. The van der Waals surface area contributed by atoms with E-state index < -0.39 is 0 Å². The van der Waals surface area contributed by atoms with Crippen molar-refractivity contribution in [1.82, 2.24) is 0 Å². The van der Waals surface area contributed by atoms with Gasteiger partial charge in [0.05, 0.1) is 5.30 Å². The predicted molar refractivity (Wildman–Crippen MR) is 153 cm³/mol. The van der Waals surface area contributed by atoms with Crippen LogP contribution in [0.5, 0.6) is 0 Å². The fourth-order valence-corrected chi connectivity index (χ4v) is 7.29. The Kier molecular flexibility index (Phi) is 4.39. The minimum Gasteiger partial charge on any atom is -0.398 e. The second-order valence-electron chi connectivity index (χ2n) is 9.18. The molecular weight excluding hydrogens is 465 g/mol. The van der Waals surface area contributed by atoms with Crippen LogP contribution in [-0.4, -0.2) is 0 Å². The summed E-state index contributed by atoms with van der Waals surface area (Å²) in [4.78, 5) is 2.22. The van der Waals surface area contributed by atoms with Gasteiger partial charge in [-0.3, -0.25) is 4.57 Å². The Labute approximate surface area is 208 Å². The summed E-state index contributed by atoms with van der Waals surface area (Å²) in [6.45, 7) is 8.66. The zero-order chi connectivity index (χ0) is 23.8. The lowest BCUT2D eigenvalue weighted by molar-refractivity contribution is 0.603. The largest absolute Gasteiger partial charge is 0.398 e. The molecule has 4 heteroatoms. The van der Waals surface area contributed by atoms with Gasteiger partial charge in [-0.05, 0) is 90.5 Å². The van der Waals surface area contributed by atoms with Gasteiger partial charge in [0, 0.05) is 21.0 Å². The summed E-state index contributed by atoms with van der Waals surface area (Å²) in [5.74, 6) is 0. The maximum atomic E-state index is 12.4. The van der Waals surface area contributed by atoms with Gasteiger partial charge in [-0.2, -0.15) is 0 Å². The smallest absolute Gasteiger partial charge is 0.192 e. The van der Waals surface area contributed by atoms with Crippen molar-refractivity contribution in [3.63, 3.8) is 0 Å². The summed E-state index contributed by atoms with van der Waals surface area (Å²) in [7, 11) is 0.0106. The number of hydrogen-bond acceptors (Lipinski definition) is 3. The van der Waals surface area contributed by atoms with E-state index in [1.54, 1.807) is 11.8 Å². The second kappa shape index (κ2) is 7.42. The Bertz CT molecular complexity index is 1920. The number of benzene rings is 6. The minimum absolute atomic E-state index is 0.0106. The molecule has 0 fully saturated rings. The number of rotatable bonds is 3. The lowest BCUT2D eigenvalue weighted by atomic mass is 9.79. The third-order valence-corrected chi connectivity index (χ3v) is 8.96. The molecule has 2 nitrogen and oxygen atoms in total. The first-order chi connectivity index (χ1) is 17.1. The zero-order valence-corrected chi connectivity index (χ0v) is 20.6. The Morgan fingerprint density at radius 1 is 0.714 bits per heavy atom. The van der Waals surface area contributed by atoms with Crippen LogP contribution in [0.25, 0.3) is 54.2 Å². The minimum atomic E-state index is 0.0106. The van der Waals surface area contributed by atoms with E-state index >= 15 is 0 Å². The molecule has 2 N–H and O–H groups in total. The van der Waals surface area contributed by atoms with Gasteiger partial charge in [0.25, 0.3) is 0 Å². The van der Waals surface area contributed by atoms with Crippen molar-refractivity contribution in [2.75, 3.05) is 5.73 Å². The molecule has 0 amide bonds. The van der Waals surface area contributed by atoms with Gasteiger partial charge >= 0.3 is 0 Å². The highest BCUT2D eigenvalue weighted by Crippen LogP contribution is 2.49. The van der Waals surface area contributed by atoms with Gasteiger partial charge in [0.1, 0.15) is 0 Å². The average molecular weight is 486 g/mol. The molecule has 166 valence electrons. The Morgan fingerprint density at radius 3 is 2.29 bits per heavy atom. The lowest BCUT2D eigenvalue weighted by Crippen LogP contribution is -2.09. The first kappa shape index (κ1) is 20.7. The standard InChI is InChI=1S/C31H20NOPS/c1-16-14-17(2)28-25(34-33)15-23-19-6-5-7-22-26(35-27-9-4-3-8-24(27)32)13-12-20(29(19)22)21-11-10-18(16)31(28)30(21)23/h3-13,15H,1-2,14,32H2. The molecule has 7 rings (SSSR count). The third kappa shape index (κ3) is 2.80. The topological polar surface area (TPSA) is 43.1 Å². The summed E-state index contributed by atoms with van der Waals surface area (Å²) in [5, 5.41) is 10.3. The fraction of sp³-hybridized carbons (Fsp3) is 0.0323. The van der Waals surface area contributed by atoms with E-state index in [9.17, 15) is 4.57 Å². The van der Waals surface area contributed by atoms with Crippen molar-refractivity contribution in [2.45, 2.75) is 16.2 Å². The molecular formula is C31H20NOPS. The average Bonchev–Trinajstić information content (AvgIpc) is 2.87. The van der Waals surface area contributed by atoms with Crippen molar-refractivity contribution in [3.05, 3.63) is 97.1 Å². The van der Waals surface area contributed by atoms with Crippen LogP contribution in [-0.2, 0) is 4.57 Å². The zero-order valence-electron chi connectivity index (χ0n) is 18.9. The molecule has 0 heterocycles. The molecule has 6 aromatic rings. The highest BCUT2D eigenvalue weighted by Gasteiger charge is 2.25. The molecule has 1 aliphatic carbocycles. The molecule has 0 aliphatic heterocycles. The van der Waals surface area contributed by atoms with Gasteiger partial charge in [0.2, 0.25) is 0 Å². The summed E-state index contributed by atoms with van der Waals surface area (Å²) in [6.07, 6.45) is 0.707. The summed E-state index contributed by atoms with van der Waals surface area (Å²) < 4.78 is 12.4. The van der Waals surface area contributed by atoms with Crippen LogP contribution in [0.1, 0.15) is 17.5 Å². The summed E-state index contributed by atoms with van der Waals surface area (Å²) in [5.41, 5.74) is 11.3. The van der Waals surface area contributed by atoms with Crippen LogP contribution in [0, 0.1) is 0 Å². The van der Waals surface area contributed by atoms with Crippen LogP contribution >= 0.6 is 20.2 Å². The lowest BCUT2D eigenvalue weighted by Gasteiger charge is -2.26. The molecule has 0 bridgehead atoms. The molecule has 0 atom stereocenters. The van der Waals surface area contributed by atoms with E-state index in [2.05, 4.69) is 67.8 Å². The van der Waals surface area contributed by atoms with E-state index in [1.807, 2.05) is 18.2 Å². The van der Waals surface area contributed by atoms with E-state index in [0.717, 1.165) is 48.9 Å². The maximum absolute atomic E-state index is 12.4. The van der Waals surface area contributed by atoms with Crippen molar-refractivity contribution in [2.24, 2.45) is 0 Å². The highest BCUT2D eigenvalue weighted by atomic mass is 32.2. The van der Waals surface area contributed by atoms with Gasteiger partial charge in [0.15, 0.2) is 8.46 Å². The molecule has 0 saturated carbocycles. The van der Waals surface area contributed by atoms with Gasteiger partial charge < -0.3 is 5.73 Å². The van der Waals surface area contributed by atoms with E-state index in [0.29, 0.717) is 6.42 Å². The van der Waals surface area contributed by atoms with E-state index in [1.165, 1.54) is 37.2 Å². The number of nitrogens with two attached hydrogens (primary N) is 1. The predicted octanol–water partition coefficient (Wildman–Crippen LogP) is 8.82. The number of allylic oxidation sites excluding steroid dienone is 2. The molecule has 35 heavy (non-hydrogen) atoms. The van der Waals surface area contributed by atoms with Gasteiger partial charge in [-0.25, -0.2) is 0 Å². The van der Waals surface area contributed by atoms with Crippen molar-refractivity contribution in [3.8, 4) is 0 Å². The van der Waals surface area contributed by atoms with Crippen LogP contribution in [0.15, 0.2) is 95.7 Å². The first-order valence-electron chi connectivity index (χ1n) is 11.5. The molecule has 0 aromatic heterocycles. The van der Waals surface area contributed by atoms with Crippen LogP contribution in [0.3, 0.4) is 0 Å². The molecule has 6 aromatic carbocycles. The molecule has 0 radical (unpaired) electrons. The Hall–Kier alpha value is -3.65. The number of fused-ring (bicyclic) bond motifs is 2. The van der Waals surface area contributed by atoms with Crippen LogP contribution < -0.4 is 11.0 Å². The normalized spacial score (nSPS) is 13.7.